The van der Waals surface area contributed by atoms with Gasteiger partial charge in [-0.25, -0.2) is 0 Å². The van der Waals surface area contributed by atoms with E-state index >= 15 is 0 Å². The predicted molar refractivity (Wildman–Crippen MR) is 83.8 cm³/mol. The molecule has 108 valence electrons. The molecule has 1 heterocycles. The number of hydrogen-bond donors (Lipinski definition) is 1. The Balaban J connectivity index is 1.85. The van der Waals surface area contributed by atoms with Crippen molar-refractivity contribution in [2.45, 2.75) is 33.1 Å². The van der Waals surface area contributed by atoms with Crippen LogP contribution in [0.1, 0.15) is 37.3 Å². The smallest absolute Gasteiger partial charge is 0.101 e. The predicted octanol–water partition coefficient (Wildman–Crippen LogP) is 3.40. The quantitative estimate of drug-likeness (QED) is 0.892. The molecule has 0 radical (unpaired) electrons. The molecular formula is C17H25N3. The topological polar surface area (TPSA) is 39.1 Å². The maximum absolute atomic E-state index is 9.14. The average molecular weight is 271 g/mol. The highest BCUT2D eigenvalue weighted by Gasteiger charge is 2.13. The summed E-state index contributed by atoms with van der Waals surface area (Å²) >= 11 is 0. The Morgan fingerprint density at radius 3 is 2.75 bits per heavy atom. The number of hydrogen-bond acceptors (Lipinski definition) is 3. The van der Waals surface area contributed by atoms with E-state index in [0.29, 0.717) is 5.92 Å². The van der Waals surface area contributed by atoms with E-state index < -0.39 is 0 Å². The van der Waals surface area contributed by atoms with Gasteiger partial charge in [0.25, 0.3) is 0 Å². The van der Waals surface area contributed by atoms with Gasteiger partial charge in [-0.3, -0.25) is 0 Å². The highest BCUT2D eigenvalue weighted by molar-refractivity contribution is 5.58. The number of nitrogens with zero attached hydrogens (tertiary/aromatic N) is 2. The van der Waals surface area contributed by atoms with Crippen LogP contribution in [0.15, 0.2) is 18.2 Å². The minimum Gasteiger partial charge on any atom is -0.384 e. The lowest BCUT2D eigenvalue weighted by molar-refractivity contribution is 0.204. The SMILES string of the molecule is Cc1ccc(C#N)c(NCC(C)CN2CCCCC2)c1. The summed E-state index contributed by atoms with van der Waals surface area (Å²) in [5, 5.41) is 12.6. The van der Waals surface area contributed by atoms with Crippen LogP contribution in [0.4, 0.5) is 5.69 Å². The second kappa shape index (κ2) is 7.31. The number of aryl methyl sites for hydroxylation is 1. The van der Waals surface area contributed by atoms with Crippen molar-refractivity contribution in [2.24, 2.45) is 5.92 Å². The summed E-state index contributed by atoms with van der Waals surface area (Å²) in [5.41, 5.74) is 2.90. The van der Waals surface area contributed by atoms with Crippen LogP contribution in [0.25, 0.3) is 0 Å². The Morgan fingerprint density at radius 2 is 2.05 bits per heavy atom. The molecule has 2 rings (SSSR count). The molecule has 20 heavy (non-hydrogen) atoms. The molecule has 1 fully saturated rings. The van der Waals surface area contributed by atoms with Crippen molar-refractivity contribution in [1.29, 1.82) is 5.26 Å². The van der Waals surface area contributed by atoms with Crippen molar-refractivity contribution >= 4 is 5.69 Å². The molecule has 1 atom stereocenters. The van der Waals surface area contributed by atoms with Crippen LogP contribution in [0, 0.1) is 24.2 Å². The molecule has 1 aliphatic rings. The van der Waals surface area contributed by atoms with Gasteiger partial charge in [-0.05, 0) is 56.5 Å². The zero-order chi connectivity index (χ0) is 14.4. The number of nitriles is 1. The molecule has 0 aromatic heterocycles. The Labute approximate surface area is 122 Å². The zero-order valence-corrected chi connectivity index (χ0v) is 12.7. The van der Waals surface area contributed by atoms with Gasteiger partial charge >= 0.3 is 0 Å². The Morgan fingerprint density at radius 1 is 1.30 bits per heavy atom. The summed E-state index contributed by atoms with van der Waals surface area (Å²) in [4.78, 5) is 2.57. The molecule has 1 aliphatic heterocycles. The van der Waals surface area contributed by atoms with Gasteiger partial charge in [-0.1, -0.05) is 19.4 Å². The lowest BCUT2D eigenvalue weighted by atomic mass is 10.1. The second-order valence-electron chi connectivity index (χ2n) is 6.01. The molecule has 1 unspecified atom stereocenters. The largest absolute Gasteiger partial charge is 0.384 e. The van der Waals surface area contributed by atoms with E-state index in [4.69, 9.17) is 5.26 Å². The maximum atomic E-state index is 9.14. The highest BCUT2D eigenvalue weighted by atomic mass is 15.1. The Hall–Kier alpha value is -1.53. The number of anilines is 1. The van der Waals surface area contributed by atoms with Crippen molar-refractivity contribution in [3.63, 3.8) is 0 Å². The first-order valence-corrected chi connectivity index (χ1v) is 7.66. The third kappa shape index (κ3) is 4.25. The van der Waals surface area contributed by atoms with Crippen molar-refractivity contribution in [3.05, 3.63) is 29.3 Å². The molecule has 1 aromatic carbocycles. The van der Waals surface area contributed by atoms with Gasteiger partial charge in [0, 0.05) is 13.1 Å². The summed E-state index contributed by atoms with van der Waals surface area (Å²) in [5.74, 6) is 0.597. The second-order valence-corrected chi connectivity index (χ2v) is 6.01. The monoisotopic (exact) mass is 271 g/mol. The van der Waals surface area contributed by atoms with Crippen LogP contribution in [-0.2, 0) is 0 Å². The first-order valence-electron chi connectivity index (χ1n) is 7.66. The van der Waals surface area contributed by atoms with E-state index in [1.54, 1.807) is 0 Å². The van der Waals surface area contributed by atoms with E-state index in [0.717, 1.165) is 24.3 Å². The summed E-state index contributed by atoms with van der Waals surface area (Å²) < 4.78 is 0. The molecule has 1 N–H and O–H groups in total. The molecule has 0 amide bonds. The third-order valence-electron chi connectivity index (χ3n) is 3.96. The van der Waals surface area contributed by atoms with Crippen molar-refractivity contribution in [2.75, 3.05) is 31.5 Å². The molecule has 0 saturated carbocycles. The third-order valence-corrected chi connectivity index (χ3v) is 3.96. The van der Waals surface area contributed by atoms with Gasteiger partial charge in [0.2, 0.25) is 0 Å². The number of nitrogens with one attached hydrogen (secondary N) is 1. The summed E-state index contributed by atoms with van der Waals surface area (Å²) in [6, 6.07) is 8.20. The molecule has 0 aliphatic carbocycles. The van der Waals surface area contributed by atoms with Gasteiger partial charge in [0.15, 0.2) is 0 Å². The van der Waals surface area contributed by atoms with Gasteiger partial charge in [-0.2, -0.15) is 5.26 Å². The van der Waals surface area contributed by atoms with Crippen LogP contribution in [-0.4, -0.2) is 31.1 Å². The zero-order valence-electron chi connectivity index (χ0n) is 12.7. The maximum Gasteiger partial charge on any atom is 0.101 e. The molecule has 0 bridgehead atoms. The van der Waals surface area contributed by atoms with Gasteiger partial charge in [-0.15, -0.1) is 0 Å². The summed E-state index contributed by atoms with van der Waals surface area (Å²) in [6.07, 6.45) is 4.07. The van der Waals surface area contributed by atoms with Crippen LogP contribution < -0.4 is 5.32 Å². The van der Waals surface area contributed by atoms with E-state index in [1.165, 1.54) is 37.9 Å². The fourth-order valence-electron chi connectivity index (χ4n) is 2.83. The number of piperidine rings is 1. The van der Waals surface area contributed by atoms with Gasteiger partial charge in [0.05, 0.1) is 11.3 Å². The van der Waals surface area contributed by atoms with E-state index in [1.807, 2.05) is 12.1 Å². The minimum absolute atomic E-state index is 0.597. The molecule has 1 saturated heterocycles. The minimum atomic E-state index is 0.597. The number of benzene rings is 1. The van der Waals surface area contributed by atoms with Gasteiger partial charge < -0.3 is 10.2 Å². The van der Waals surface area contributed by atoms with Crippen molar-refractivity contribution < 1.29 is 0 Å². The van der Waals surface area contributed by atoms with Crippen LogP contribution >= 0.6 is 0 Å². The van der Waals surface area contributed by atoms with Gasteiger partial charge in [0.1, 0.15) is 6.07 Å². The first-order chi connectivity index (χ1) is 9.69. The highest BCUT2D eigenvalue weighted by Crippen LogP contribution is 2.17. The fraction of sp³-hybridized carbons (Fsp3) is 0.588. The fourth-order valence-corrected chi connectivity index (χ4v) is 2.83. The Kier molecular flexibility index (Phi) is 5.43. The molecule has 1 aromatic rings. The lowest BCUT2D eigenvalue weighted by Crippen LogP contribution is -2.35. The summed E-state index contributed by atoms with van der Waals surface area (Å²) in [7, 11) is 0. The lowest BCUT2D eigenvalue weighted by Gasteiger charge is -2.29. The number of rotatable bonds is 5. The first kappa shape index (κ1) is 14.9. The molecular weight excluding hydrogens is 246 g/mol. The molecule has 0 spiro atoms. The van der Waals surface area contributed by atoms with Crippen LogP contribution in [0.3, 0.4) is 0 Å². The number of likely N-dealkylation sites (tertiary alicyclic amines) is 1. The Bertz CT molecular complexity index is 470. The van der Waals surface area contributed by atoms with E-state index in [-0.39, 0.29) is 0 Å². The molecule has 3 heteroatoms. The normalized spacial score (nSPS) is 17.4. The van der Waals surface area contributed by atoms with Crippen LogP contribution in [0.5, 0.6) is 0 Å². The average Bonchev–Trinajstić information content (AvgIpc) is 2.46. The standard InChI is InChI=1S/C17H25N3/c1-14-6-7-16(11-18)17(10-14)19-12-15(2)13-20-8-4-3-5-9-20/h6-7,10,15,19H,3-5,8-9,12-13H2,1-2H3. The van der Waals surface area contributed by atoms with E-state index in [9.17, 15) is 0 Å². The summed E-state index contributed by atoms with van der Waals surface area (Å²) in [6.45, 7) is 8.92. The van der Waals surface area contributed by atoms with Crippen molar-refractivity contribution in [3.8, 4) is 6.07 Å². The molecule has 3 nitrogen and oxygen atoms in total. The van der Waals surface area contributed by atoms with Crippen molar-refractivity contribution in [1.82, 2.24) is 4.90 Å². The van der Waals surface area contributed by atoms with E-state index in [2.05, 4.69) is 36.2 Å². The van der Waals surface area contributed by atoms with Crippen LogP contribution in [0.2, 0.25) is 0 Å².